The van der Waals surface area contributed by atoms with Gasteiger partial charge in [-0.15, -0.1) is 0 Å². The highest BCUT2D eigenvalue weighted by molar-refractivity contribution is 6.33. The average molecular weight is 436 g/mol. The zero-order valence-corrected chi connectivity index (χ0v) is 18.0. The third-order valence-electron chi connectivity index (χ3n) is 5.10. The Labute approximate surface area is 179 Å². The van der Waals surface area contributed by atoms with Crippen molar-refractivity contribution in [2.45, 2.75) is 44.9 Å². The summed E-state index contributed by atoms with van der Waals surface area (Å²) in [6, 6.07) is 7.27. The third kappa shape index (κ3) is 3.89. The van der Waals surface area contributed by atoms with Gasteiger partial charge in [-0.2, -0.15) is 0 Å². The predicted molar refractivity (Wildman–Crippen MR) is 115 cm³/mol. The predicted octanol–water partition coefficient (Wildman–Crippen LogP) is 5.04. The molecule has 1 fully saturated rings. The average Bonchev–Trinajstić information content (AvgIpc) is 2.93. The van der Waals surface area contributed by atoms with E-state index in [-0.39, 0.29) is 12.6 Å². The number of fused-ring (bicyclic) bond motifs is 3. The molecule has 3 heterocycles. The topological polar surface area (TPSA) is 67.6 Å². The molecule has 2 atom stereocenters. The molecule has 8 heteroatoms. The van der Waals surface area contributed by atoms with Gasteiger partial charge in [0.15, 0.2) is 0 Å². The Kier molecular flexibility index (Phi) is 5.13. The molecule has 0 bridgehead atoms. The molecule has 1 aromatic carbocycles. The fourth-order valence-corrected chi connectivity index (χ4v) is 4.25. The molecule has 1 saturated heterocycles. The summed E-state index contributed by atoms with van der Waals surface area (Å²) in [4.78, 5) is 18.5. The van der Waals surface area contributed by atoms with E-state index in [0.717, 1.165) is 21.9 Å². The Morgan fingerprint density at radius 2 is 1.93 bits per heavy atom. The Balaban J connectivity index is 1.71. The van der Waals surface area contributed by atoms with Crippen LogP contribution in [0.5, 0.6) is 0 Å². The van der Waals surface area contributed by atoms with E-state index >= 15 is 0 Å². The number of likely N-dealkylation sites (tertiary alicyclic amines) is 1. The standard InChI is InChI=1S/C21H23Cl2N3O3/c1-21(2,3)29-20(28)25-7-6-17(18(27)11-25)26-16-5-4-12(22)8-14(16)15-9-13(23)10-24-19(15)26/h4-5,8-10,17-18,27H,6-7,11H2,1-3H3/t17?,18-/m1/s1. The van der Waals surface area contributed by atoms with Gasteiger partial charge < -0.3 is 19.3 Å². The van der Waals surface area contributed by atoms with E-state index in [1.54, 1.807) is 11.1 Å². The van der Waals surface area contributed by atoms with E-state index in [2.05, 4.69) is 4.98 Å². The normalized spacial score (nSPS) is 20.4. The number of aliphatic hydroxyl groups is 1. The number of aromatic nitrogens is 2. The second kappa shape index (κ2) is 7.35. The number of piperidine rings is 1. The van der Waals surface area contributed by atoms with Crippen molar-refractivity contribution in [3.63, 3.8) is 0 Å². The van der Waals surface area contributed by atoms with Crippen LogP contribution in [0.15, 0.2) is 30.5 Å². The molecule has 1 N–H and O–H groups in total. The first-order valence-corrected chi connectivity index (χ1v) is 10.3. The highest BCUT2D eigenvalue weighted by Crippen LogP contribution is 2.37. The van der Waals surface area contributed by atoms with Gasteiger partial charge in [-0.3, -0.25) is 0 Å². The van der Waals surface area contributed by atoms with Crippen LogP contribution in [0, 0.1) is 0 Å². The molecular formula is C21H23Cl2N3O3. The number of β-amino-alcohol motifs (C(OH)–C–C–N with tert-alkyl or cyclic N) is 1. The van der Waals surface area contributed by atoms with Crippen LogP contribution in [-0.2, 0) is 4.74 Å². The number of aliphatic hydroxyl groups excluding tert-OH is 1. The summed E-state index contributed by atoms with van der Waals surface area (Å²) in [6.45, 7) is 6.16. The van der Waals surface area contributed by atoms with E-state index < -0.39 is 17.8 Å². The monoisotopic (exact) mass is 435 g/mol. The summed E-state index contributed by atoms with van der Waals surface area (Å²) < 4.78 is 7.48. The van der Waals surface area contributed by atoms with Gasteiger partial charge in [0.25, 0.3) is 0 Å². The molecule has 3 aromatic rings. The minimum atomic E-state index is -0.761. The molecule has 0 radical (unpaired) electrons. The number of benzene rings is 1. The van der Waals surface area contributed by atoms with Crippen molar-refractivity contribution >= 4 is 51.2 Å². The molecule has 1 aliphatic heterocycles. The SMILES string of the molecule is CC(C)(C)OC(=O)N1CCC(n2c3ccc(Cl)cc3c3cc(Cl)cnc32)[C@H](O)C1. The second-order valence-electron chi connectivity index (χ2n) is 8.41. The molecule has 6 nitrogen and oxygen atoms in total. The number of halogens is 2. The van der Waals surface area contributed by atoms with E-state index in [1.807, 2.05) is 49.6 Å². The number of carbonyl (C=O) groups is 1. The lowest BCUT2D eigenvalue weighted by Gasteiger charge is -2.37. The summed E-state index contributed by atoms with van der Waals surface area (Å²) in [5.74, 6) is 0. The summed E-state index contributed by atoms with van der Waals surface area (Å²) in [5, 5.41) is 13.9. The molecule has 1 unspecified atom stereocenters. The lowest BCUT2D eigenvalue weighted by Crippen LogP contribution is -2.48. The molecule has 0 aliphatic carbocycles. The Morgan fingerprint density at radius 1 is 1.21 bits per heavy atom. The van der Waals surface area contributed by atoms with Crippen LogP contribution in [0.3, 0.4) is 0 Å². The minimum Gasteiger partial charge on any atom is -0.444 e. The van der Waals surface area contributed by atoms with Gasteiger partial charge in [0.05, 0.1) is 29.2 Å². The molecule has 0 saturated carbocycles. The first kappa shape index (κ1) is 20.3. The maximum atomic E-state index is 12.4. The fraction of sp³-hybridized carbons (Fsp3) is 0.429. The van der Waals surface area contributed by atoms with Crippen molar-refractivity contribution in [3.05, 3.63) is 40.5 Å². The van der Waals surface area contributed by atoms with E-state index in [9.17, 15) is 9.90 Å². The molecule has 0 spiro atoms. The molecule has 29 heavy (non-hydrogen) atoms. The molecule has 154 valence electrons. The maximum Gasteiger partial charge on any atom is 0.410 e. The number of ether oxygens (including phenoxy) is 1. The van der Waals surface area contributed by atoms with Crippen molar-refractivity contribution in [3.8, 4) is 0 Å². The van der Waals surface area contributed by atoms with E-state index in [1.165, 1.54) is 0 Å². The van der Waals surface area contributed by atoms with Gasteiger partial charge in [0.1, 0.15) is 11.2 Å². The number of rotatable bonds is 1. The van der Waals surface area contributed by atoms with E-state index in [0.29, 0.717) is 23.0 Å². The van der Waals surface area contributed by atoms with Crippen LogP contribution < -0.4 is 0 Å². The minimum absolute atomic E-state index is 0.196. The molecule has 1 amide bonds. The van der Waals surface area contributed by atoms with Gasteiger partial charge in [-0.1, -0.05) is 23.2 Å². The summed E-state index contributed by atoms with van der Waals surface area (Å²) in [5.41, 5.74) is 1.09. The summed E-state index contributed by atoms with van der Waals surface area (Å²) in [6.07, 6.45) is 1.01. The summed E-state index contributed by atoms with van der Waals surface area (Å²) >= 11 is 12.4. The number of pyridine rings is 1. The zero-order chi connectivity index (χ0) is 20.9. The molecule has 4 rings (SSSR count). The number of nitrogens with zero attached hydrogens (tertiary/aromatic N) is 3. The third-order valence-corrected chi connectivity index (χ3v) is 5.54. The number of carbonyl (C=O) groups excluding carboxylic acids is 1. The molecular weight excluding hydrogens is 413 g/mol. The van der Waals surface area contributed by atoms with Crippen LogP contribution in [0.1, 0.15) is 33.2 Å². The molecule has 2 aromatic heterocycles. The smallest absolute Gasteiger partial charge is 0.410 e. The first-order chi connectivity index (χ1) is 13.6. The Hall–Kier alpha value is -2.02. The van der Waals surface area contributed by atoms with Crippen molar-refractivity contribution in [1.29, 1.82) is 0 Å². The lowest BCUT2D eigenvalue weighted by molar-refractivity contribution is -0.00886. The number of hydrogen-bond donors (Lipinski definition) is 1. The first-order valence-electron chi connectivity index (χ1n) is 9.55. The van der Waals surface area contributed by atoms with Gasteiger partial charge in [-0.25, -0.2) is 9.78 Å². The van der Waals surface area contributed by atoms with Crippen molar-refractivity contribution in [2.75, 3.05) is 13.1 Å². The van der Waals surface area contributed by atoms with Crippen molar-refractivity contribution in [1.82, 2.24) is 14.5 Å². The highest BCUT2D eigenvalue weighted by atomic mass is 35.5. The fourth-order valence-electron chi connectivity index (χ4n) is 3.92. The van der Waals surface area contributed by atoms with Crippen LogP contribution in [0.25, 0.3) is 21.9 Å². The van der Waals surface area contributed by atoms with Crippen molar-refractivity contribution < 1.29 is 14.6 Å². The quantitative estimate of drug-likeness (QED) is 0.581. The van der Waals surface area contributed by atoms with Crippen LogP contribution in [-0.4, -0.2) is 50.4 Å². The Bertz CT molecular complexity index is 1030. The van der Waals surface area contributed by atoms with Crippen LogP contribution in [0.2, 0.25) is 10.0 Å². The second-order valence-corrected chi connectivity index (χ2v) is 9.28. The van der Waals surface area contributed by atoms with Crippen LogP contribution in [0.4, 0.5) is 4.79 Å². The van der Waals surface area contributed by atoms with Crippen LogP contribution >= 0.6 is 23.2 Å². The largest absolute Gasteiger partial charge is 0.444 e. The number of amides is 1. The molecule has 1 aliphatic rings. The van der Waals surface area contributed by atoms with E-state index in [4.69, 9.17) is 27.9 Å². The van der Waals surface area contributed by atoms with Gasteiger partial charge in [0.2, 0.25) is 0 Å². The van der Waals surface area contributed by atoms with Gasteiger partial charge in [-0.05, 0) is 51.5 Å². The number of hydrogen-bond acceptors (Lipinski definition) is 4. The Morgan fingerprint density at radius 3 is 2.62 bits per heavy atom. The highest BCUT2D eigenvalue weighted by Gasteiger charge is 2.35. The maximum absolute atomic E-state index is 12.4. The van der Waals surface area contributed by atoms with Crippen molar-refractivity contribution in [2.24, 2.45) is 0 Å². The summed E-state index contributed by atoms with van der Waals surface area (Å²) in [7, 11) is 0. The zero-order valence-electron chi connectivity index (χ0n) is 16.5. The van der Waals surface area contributed by atoms with Gasteiger partial charge in [0, 0.05) is 28.5 Å². The lowest BCUT2D eigenvalue weighted by atomic mass is 10.0. The van der Waals surface area contributed by atoms with Gasteiger partial charge >= 0.3 is 6.09 Å².